The van der Waals surface area contributed by atoms with Crippen molar-refractivity contribution in [2.75, 3.05) is 12.3 Å². The van der Waals surface area contributed by atoms with E-state index in [9.17, 15) is 4.79 Å². The number of benzene rings is 2. The van der Waals surface area contributed by atoms with Gasteiger partial charge in [-0.25, -0.2) is 0 Å². The number of aliphatic imine (C=N–C) groups is 1. The van der Waals surface area contributed by atoms with Gasteiger partial charge >= 0.3 is 0 Å². The van der Waals surface area contributed by atoms with Crippen molar-refractivity contribution in [3.8, 4) is 0 Å². The van der Waals surface area contributed by atoms with Crippen LogP contribution in [0.1, 0.15) is 17.0 Å². The number of amidine groups is 1. The molecule has 1 aliphatic heterocycles. The Morgan fingerprint density at radius 3 is 2.05 bits per heavy atom. The molecule has 1 N–H and O–H groups in total. The van der Waals surface area contributed by atoms with Gasteiger partial charge in [-0.05, 0) is 11.1 Å². The lowest BCUT2D eigenvalue weighted by Gasteiger charge is -2.17. The molecule has 0 unspecified atom stereocenters. The van der Waals surface area contributed by atoms with Crippen LogP contribution in [0.25, 0.3) is 0 Å². The van der Waals surface area contributed by atoms with Gasteiger partial charge in [0.2, 0.25) is 5.91 Å². The van der Waals surface area contributed by atoms with Gasteiger partial charge < -0.3 is 5.32 Å². The lowest BCUT2D eigenvalue weighted by atomic mass is 9.90. The Hall–Kier alpha value is -2.07. The highest BCUT2D eigenvalue weighted by molar-refractivity contribution is 8.14. The second-order valence-corrected chi connectivity index (χ2v) is 5.86. The highest BCUT2D eigenvalue weighted by Gasteiger charge is 2.24. The van der Waals surface area contributed by atoms with Crippen LogP contribution >= 0.6 is 11.8 Å². The Kier molecular flexibility index (Phi) is 4.36. The van der Waals surface area contributed by atoms with E-state index in [4.69, 9.17) is 0 Å². The van der Waals surface area contributed by atoms with Crippen molar-refractivity contribution in [1.82, 2.24) is 5.32 Å². The molecular formula is C17H16N2OS. The highest BCUT2D eigenvalue weighted by atomic mass is 32.2. The molecule has 0 atom stereocenters. The Labute approximate surface area is 128 Å². The van der Waals surface area contributed by atoms with Crippen molar-refractivity contribution in [2.24, 2.45) is 4.99 Å². The van der Waals surface area contributed by atoms with E-state index < -0.39 is 0 Å². The van der Waals surface area contributed by atoms with E-state index in [1.165, 1.54) is 0 Å². The largest absolute Gasteiger partial charge is 0.305 e. The van der Waals surface area contributed by atoms with E-state index in [-0.39, 0.29) is 11.8 Å². The molecule has 0 radical (unpaired) electrons. The van der Waals surface area contributed by atoms with Crippen molar-refractivity contribution in [2.45, 2.75) is 5.92 Å². The highest BCUT2D eigenvalue weighted by Crippen LogP contribution is 2.25. The monoisotopic (exact) mass is 296 g/mol. The fourth-order valence-electron chi connectivity index (χ4n) is 2.37. The zero-order chi connectivity index (χ0) is 14.5. The molecule has 0 fully saturated rings. The summed E-state index contributed by atoms with van der Waals surface area (Å²) < 4.78 is 0. The van der Waals surface area contributed by atoms with Crippen LogP contribution in [0.2, 0.25) is 0 Å². The molecule has 21 heavy (non-hydrogen) atoms. The smallest absolute Gasteiger partial charge is 0.237 e. The maximum atomic E-state index is 12.7. The minimum atomic E-state index is -0.309. The number of nitrogens with zero attached hydrogens (tertiary/aromatic N) is 1. The van der Waals surface area contributed by atoms with Gasteiger partial charge in [0, 0.05) is 5.75 Å². The Bertz CT molecular complexity index is 601. The molecule has 4 heteroatoms. The first kappa shape index (κ1) is 13.9. The van der Waals surface area contributed by atoms with Gasteiger partial charge in [-0.15, -0.1) is 0 Å². The van der Waals surface area contributed by atoms with Gasteiger partial charge in [0.1, 0.15) is 0 Å². The molecule has 3 nitrogen and oxygen atoms in total. The molecule has 0 spiro atoms. The quantitative estimate of drug-likeness (QED) is 0.946. The molecule has 1 aliphatic rings. The SMILES string of the molecule is O=C(NC1=NCCS1)C(c1ccccc1)c1ccccc1. The molecule has 106 valence electrons. The maximum Gasteiger partial charge on any atom is 0.237 e. The van der Waals surface area contributed by atoms with E-state index in [0.29, 0.717) is 0 Å². The summed E-state index contributed by atoms with van der Waals surface area (Å²) in [4.78, 5) is 17.0. The number of nitrogens with one attached hydrogen (secondary N) is 1. The molecule has 1 heterocycles. The first-order valence-corrected chi connectivity index (χ1v) is 7.91. The van der Waals surface area contributed by atoms with E-state index in [1.807, 2.05) is 60.7 Å². The van der Waals surface area contributed by atoms with E-state index in [0.717, 1.165) is 28.6 Å². The van der Waals surface area contributed by atoms with E-state index in [2.05, 4.69) is 10.3 Å². The van der Waals surface area contributed by atoms with Crippen LogP contribution in [0, 0.1) is 0 Å². The van der Waals surface area contributed by atoms with Crippen LogP contribution in [-0.2, 0) is 4.79 Å². The van der Waals surface area contributed by atoms with Crippen molar-refractivity contribution in [3.05, 3.63) is 71.8 Å². The number of carbonyl (C=O) groups is 1. The topological polar surface area (TPSA) is 41.5 Å². The molecule has 0 aromatic heterocycles. The molecule has 3 rings (SSSR count). The average Bonchev–Trinajstić information content (AvgIpc) is 3.02. The standard InChI is InChI=1S/C17H16N2OS/c20-16(19-17-18-11-12-21-17)15(13-7-3-1-4-8-13)14-9-5-2-6-10-14/h1-10,15H,11-12H2,(H,18,19,20). The summed E-state index contributed by atoms with van der Waals surface area (Å²) in [6, 6.07) is 19.7. The Balaban J connectivity index is 1.90. The summed E-state index contributed by atoms with van der Waals surface area (Å²) in [6.45, 7) is 0.779. The first-order valence-electron chi connectivity index (χ1n) is 6.92. The molecule has 0 saturated carbocycles. The van der Waals surface area contributed by atoms with E-state index >= 15 is 0 Å². The third kappa shape index (κ3) is 3.34. The van der Waals surface area contributed by atoms with Crippen LogP contribution in [0.15, 0.2) is 65.7 Å². The number of amides is 1. The predicted molar refractivity (Wildman–Crippen MR) is 87.6 cm³/mol. The second kappa shape index (κ2) is 6.59. The summed E-state index contributed by atoms with van der Waals surface area (Å²) in [5.74, 6) is 0.605. The number of hydrogen-bond acceptors (Lipinski definition) is 3. The van der Waals surface area contributed by atoms with Crippen LogP contribution in [0.3, 0.4) is 0 Å². The summed E-state index contributed by atoms with van der Waals surface area (Å²) in [5.41, 5.74) is 1.98. The number of carbonyl (C=O) groups excluding carboxylic acids is 1. The Morgan fingerprint density at radius 2 is 1.57 bits per heavy atom. The van der Waals surface area contributed by atoms with Gasteiger partial charge in [0.25, 0.3) is 0 Å². The molecule has 1 amide bonds. The average molecular weight is 296 g/mol. The summed E-state index contributed by atoms with van der Waals surface area (Å²) >= 11 is 1.60. The van der Waals surface area contributed by atoms with Crippen molar-refractivity contribution in [3.63, 3.8) is 0 Å². The second-order valence-electron chi connectivity index (χ2n) is 4.78. The number of thioether (sulfide) groups is 1. The fraction of sp³-hybridized carbons (Fsp3) is 0.176. The van der Waals surface area contributed by atoms with Crippen LogP contribution < -0.4 is 5.32 Å². The summed E-state index contributed by atoms with van der Waals surface area (Å²) in [6.07, 6.45) is 0. The van der Waals surface area contributed by atoms with Crippen molar-refractivity contribution < 1.29 is 4.79 Å². The lowest BCUT2D eigenvalue weighted by Crippen LogP contribution is -2.33. The van der Waals surface area contributed by atoms with Gasteiger partial charge in [0.05, 0.1) is 12.5 Å². The van der Waals surface area contributed by atoms with Gasteiger partial charge in [-0.3, -0.25) is 9.79 Å². The predicted octanol–water partition coefficient (Wildman–Crippen LogP) is 3.04. The molecule has 0 bridgehead atoms. The third-order valence-corrected chi connectivity index (χ3v) is 4.23. The van der Waals surface area contributed by atoms with Gasteiger partial charge in [0.15, 0.2) is 5.17 Å². The maximum absolute atomic E-state index is 12.7. The number of hydrogen-bond donors (Lipinski definition) is 1. The zero-order valence-electron chi connectivity index (χ0n) is 11.5. The molecule has 2 aromatic rings. The zero-order valence-corrected chi connectivity index (χ0v) is 12.3. The van der Waals surface area contributed by atoms with E-state index in [1.54, 1.807) is 11.8 Å². The van der Waals surface area contributed by atoms with Crippen LogP contribution in [0.4, 0.5) is 0 Å². The normalized spacial score (nSPS) is 14.0. The molecule has 0 saturated heterocycles. The van der Waals surface area contributed by atoms with Crippen molar-refractivity contribution >= 4 is 22.8 Å². The van der Waals surface area contributed by atoms with Crippen molar-refractivity contribution in [1.29, 1.82) is 0 Å². The third-order valence-electron chi connectivity index (χ3n) is 3.34. The number of rotatable bonds is 3. The fourth-order valence-corrected chi connectivity index (χ4v) is 3.11. The van der Waals surface area contributed by atoms with Crippen LogP contribution in [0.5, 0.6) is 0 Å². The van der Waals surface area contributed by atoms with Gasteiger partial charge in [-0.1, -0.05) is 72.4 Å². The first-order chi connectivity index (χ1) is 10.3. The van der Waals surface area contributed by atoms with Crippen LogP contribution in [-0.4, -0.2) is 23.4 Å². The minimum Gasteiger partial charge on any atom is -0.305 e. The lowest BCUT2D eigenvalue weighted by molar-refractivity contribution is -0.120. The molecule has 0 aliphatic carbocycles. The summed E-state index contributed by atoms with van der Waals surface area (Å²) in [7, 11) is 0. The summed E-state index contributed by atoms with van der Waals surface area (Å²) in [5, 5.41) is 3.68. The van der Waals surface area contributed by atoms with Gasteiger partial charge in [-0.2, -0.15) is 0 Å². The molecule has 2 aromatic carbocycles. The Morgan fingerprint density at radius 1 is 1.00 bits per heavy atom. The minimum absolute atomic E-state index is 0.0273. The molecular weight excluding hydrogens is 280 g/mol.